The van der Waals surface area contributed by atoms with Gasteiger partial charge in [-0.2, -0.15) is 0 Å². The Labute approximate surface area is 178 Å². The van der Waals surface area contributed by atoms with Crippen LogP contribution >= 0.6 is 11.3 Å². The van der Waals surface area contributed by atoms with Crippen molar-refractivity contribution in [3.8, 4) is 0 Å². The van der Waals surface area contributed by atoms with Gasteiger partial charge in [0.15, 0.2) is 0 Å². The van der Waals surface area contributed by atoms with Crippen LogP contribution in [-0.2, 0) is 0 Å². The molecule has 2 aliphatic heterocycles. The molecule has 3 heterocycles. The maximum Gasteiger partial charge on any atom is 0.293 e. The number of fused-ring (bicyclic) bond motifs is 1. The molecular formula is C22H22N4O3S. The number of amides is 1. The molecule has 2 saturated heterocycles. The second-order valence-corrected chi connectivity index (χ2v) is 8.89. The Morgan fingerprint density at radius 2 is 1.90 bits per heavy atom. The van der Waals surface area contributed by atoms with E-state index in [1.54, 1.807) is 23.5 Å². The van der Waals surface area contributed by atoms with Gasteiger partial charge in [-0.25, -0.2) is 4.98 Å². The molecule has 8 heteroatoms. The first kappa shape index (κ1) is 19.0. The summed E-state index contributed by atoms with van der Waals surface area (Å²) in [5.41, 5.74) is 1.94. The third-order valence-electron chi connectivity index (χ3n) is 5.97. The van der Waals surface area contributed by atoms with Crippen LogP contribution in [0.3, 0.4) is 0 Å². The number of anilines is 1. The van der Waals surface area contributed by atoms with Crippen LogP contribution in [-0.4, -0.2) is 40.3 Å². The summed E-state index contributed by atoms with van der Waals surface area (Å²) >= 11 is 1.62. The molecule has 1 unspecified atom stereocenters. The Balaban J connectivity index is 1.45. The van der Waals surface area contributed by atoms with E-state index in [2.05, 4.69) is 0 Å². The highest BCUT2D eigenvalue weighted by Crippen LogP contribution is 2.38. The lowest BCUT2D eigenvalue weighted by Gasteiger charge is -2.24. The van der Waals surface area contributed by atoms with Crippen molar-refractivity contribution >= 4 is 38.8 Å². The first-order chi connectivity index (χ1) is 14.6. The summed E-state index contributed by atoms with van der Waals surface area (Å²) in [6.45, 7) is 2.28. The normalized spacial score (nSPS) is 19.0. The topological polar surface area (TPSA) is 79.6 Å². The smallest absolute Gasteiger partial charge is 0.293 e. The van der Waals surface area contributed by atoms with Crippen LogP contribution < -0.4 is 4.90 Å². The number of aromatic nitrogens is 1. The summed E-state index contributed by atoms with van der Waals surface area (Å²) in [5, 5.41) is 12.6. The zero-order valence-electron chi connectivity index (χ0n) is 16.5. The average molecular weight is 423 g/mol. The zero-order chi connectivity index (χ0) is 20.7. The number of hydrogen-bond acceptors (Lipinski definition) is 6. The van der Waals surface area contributed by atoms with Gasteiger partial charge in [0, 0.05) is 31.3 Å². The number of benzene rings is 2. The minimum absolute atomic E-state index is 0.0125. The molecule has 0 N–H and O–H groups in total. The number of likely N-dealkylation sites (tertiary alicyclic amines) is 1. The third kappa shape index (κ3) is 3.31. The molecule has 30 heavy (non-hydrogen) atoms. The van der Waals surface area contributed by atoms with Crippen molar-refractivity contribution in [2.24, 2.45) is 0 Å². The van der Waals surface area contributed by atoms with E-state index in [1.165, 1.54) is 6.07 Å². The molecular weight excluding hydrogens is 400 g/mol. The van der Waals surface area contributed by atoms with Crippen molar-refractivity contribution in [3.63, 3.8) is 0 Å². The highest BCUT2D eigenvalue weighted by Gasteiger charge is 2.34. The molecule has 2 aromatic carbocycles. The molecule has 0 aliphatic carbocycles. The fraction of sp³-hybridized carbons (Fsp3) is 0.364. The summed E-state index contributed by atoms with van der Waals surface area (Å²) in [6, 6.07) is 12.8. The number of nitro groups is 1. The van der Waals surface area contributed by atoms with Gasteiger partial charge < -0.3 is 9.80 Å². The van der Waals surface area contributed by atoms with Crippen LogP contribution in [0.5, 0.6) is 0 Å². The summed E-state index contributed by atoms with van der Waals surface area (Å²) < 4.78 is 1.11. The molecule has 2 fully saturated rings. The molecule has 1 atom stereocenters. The maximum absolute atomic E-state index is 13.3. The van der Waals surface area contributed by atoms with Crippen molar-refractivity contribution in [2.75, 3.05) is 24.5 Å². The summed E-state index contributed by atoms with van der Waals surface area (Å²) in [7, 11) is 0. The standard InChI is InChI=1S/C22H22N4O3S/c27-22(15-9-10-17(19(14-15)26(28)29)24-11-3-4-12-24)25-13-5-7-18(25)21-23-16-6-1-2-8-20(16)30-21/h1-2,6,8-10,14,18H,3-5,7,11-13H2. The minimum Gasteiger partial charge on any atom is -0.366 e. The van der Waals surface area contributed by atoms with Crippen LogP contribution in [0.4, 0.5) is 11.4 Å². The molecule has 7 nitrogen and oxygen atoms in total. The number of hydrogen-bond donors (Lipinski definition) is 0. The van der Waals surface area contributed by atoms with Gasteiger partial charge in [-0.1, -0.05) is 12.1 Å². The van der Waals surface area contributed by atoms with E-state index in [1.807, 2.05) is 34.1 Å². The monoisotopic (exact) mass is 422 g/mol. The average Bonchev–Trinajstić information content (AvgIpc) is 3.52. The largest absolute Gasteiger partial charge is 0.366 e. The van der Waals surface area contributed by atoms with Crippen LogP contribution in [0, 0.1) is 10.1 Å². The van der Waals surface area contributed by atoms with Gasteiger partial charge in [-0.3, -0.25) is 14.9 Å². The first-order valence-corrected chi connectivity index (χ1v) is 11.1. The molecule has 0 bridgehead atoms. The molecule has 0 spiro atoms. The van der Waals surface area contributed by atoms with E-state index >= 15 is 0 Å². The lowest BCUT2D eigenvalue weighted by Crippen LogP contribution is -2.30. The van der Waals surface area contributed by atoms with Gasteiger partial charge >= 0.3 is 0 Å². The minimum atomic E-state index is -0.376. The highest BCUT2D eigenvalue weighted by molar-refractivity contribution is 7.18. The lowest BCUT2D eigenvalue weighted by molar-refractivity contribution is -0.384. The Kier molecular flexibility index (Phi) is 4.86. The van der Waals surface area contributed by atoms with Crippen LogP contribution in [0.15, 0.2) is 42.5 Å². The number of para-hydroxylation sites is 1. The third-order valence-corrected chi connectivity index (χ3v) is 7.11. The van der Waals surface area contributed by atoms with Crippen LogP contribution in [0.1, 0.15) is 47.1 Å². The molecule has 0 saturated carbocycles. The summed E-state index contributed by atoms with van der Waals surface area (Å²) in [6.07, 6.45) is 3.84. The van der Waals surface area contributed by atoms with Crippen LogP contribution in [0.2, 0.25) is 0 Å². The summed E-state index contributed by atoms with van der Waals surface area (Å²) in [4.78, 5) is 33.3. The Morgan fingerprint density at radius 1 is 1.10 bits per heavy atom. The fourth-order valence-corrected chi connectivity index (χ4v) is 5.61. The quantitative estimate of drug-likeness (QED) is 0.446. The molecule has 0 radical (unpaired) electrons. The van der Waals surface area contributed by atoms with Crippen molar-refractivity contribution in [2.45, 2.75) is 31.7 Å². The van der Waals surface area contributed by atoms with Crippen molar-refractivity contribution < 1.29 is 9.72 Å². The number of rotatable bonds is 4. The number of nitrogens with zero attached hydrogens (tertiary/aromatic N) is 4. The van der Waals surface area contributed by atoms with Crippen LogP contribution in [0.25, 0.3) is 10.2 Å². The SMILES string of the molecule is O=C(c1ccc(N2CCCC2)c([N+](=O)[O-])c1)N1CCCC1c1nc2ccccc2s1. The van der Waals surface area contributed by atoms with E-state index in [4.69, 9.17) is 4.98 Å². The number of carbonyl (C=O) groups is 1. The van der Waals surface area contributed by atoms with E-state index in [0.717, 1.165) is 54.0 Å². The molecule has 3 aromatic rings. The van der Waals surface area contributed by atoms with E-state index in [-0.39, 0.29) is 22.6 Å². The fourth-order valence-electron chi connectivity index (χ4n) is 4.49. The Bertz CT molecular complexity index is 1090. The van der Waals surface area contributed by atoms with Gasteiger partial charge in [-0.05, 0) is 49.9 Å². The molecule has 1 amide bonds. The highest BCUT2D eigenvalue weighted by atomic mass is 32.1. The van der Waals surface area contributed by atoms with E-state index < -0.39 is 0 Å². The zero-order valence-corrected chi connectivity index (χ0v) is 17.3. The first-order valence-electron chi connectivity index (χ1n) is 10.3. The van der Waals surface area contributed by atoms with E-state index in [0.29, 0.717) is 17.8 Å². The number of nitro benzene ring substituents is 1. The summed E-state index contributed by atoms with van der Waals surface area (Å²) in [5.74, 6) is -0.159. The van der Waals surface area contributed by atoms with Gasteiger partial charge in [0.2, 0.25) is 0 Å². The van der Waals surface area contributed by atoms with Crippen molar-refractivity contribution in [1.82, 2.24) is 9.88 Å². The second-order valence-electron chi connectivity index (χ2n) is 7.83. The van der Waals surface area contributed by atoms with E-state index in [9.17, 15) is 14.9 Å². The molecule has 1 aromatic heterocycles. The number of thiazole rings is 1. The van der Waals surface area contributed by atoms with Crippen molar-refractivity contribution in [3.05, 3.63) is 63.1 Å². The van der Waals surface area contributed by atoms with Gasteiger partial charge in [0.25, 0.3) is 11.6 Å². The van der Waals surface area contributed by atoms with Gasteiger partial charge in [0.05, 0.1) is 21.2 Å². The second kappa shape index (κ2) is 7.68. The predicted octanol–water partition coefficient (Wildman–Crippen LogP) is 4.78. The molecule has 5 rings (SSSR count). The number of carbonyl (C=O) groups excluding carboxylic acids is 1. The van der Waals surface area contributed by atoms with Gasteiger partial charge in [-0.15, -0.1) is 11.3 Å². The van der Waals surface area contributed by atoms with Crippen molar-refractivity contribution in [1.29, 1.82) is 0 Å². The lowest BCUT2D eigenvalue weighted by atomic mass is 10.1. The van der Waals surface area contributed by atoms with Gasteiger partial charge in [0.1, 0.15) is 10.7 Å². The predicted molar refractivity (Wildman–Crippen MR) is 117 cm³/mol. The Morgan fingerprint density at radius 3 is 2.67 bits per heavy atom. The Hall–Kier alpha value is -3.00. The maximum atomic E-state index is 13.3. The molecule has 154 valence electrons. The molecule has 2 aliphatic rings.